The SMILES string of the molecule is COc1ccccc1C1CNCCN1C(=O)CN1CCCCCCC1=O. The number of methoxy groups -OCH3 is 1. The summed E-state index contributed by atoms with van der Waals surface area (Å²) in [7, 11) is 1.65. The zero-order chi connectivity index (χ0) is 18.4. The summed E-state index contributed by atoms with van der Waals surface area (Å²) in [6.07, 6.45) is 4.72. The van der Waals surface area contributed by atoms with Gasteiger partial charge >= 0.3 is 0 Å². The number of nitrogens with zero attached hydrogens (tertiary/aromatic N) is 2. The van der Waals surface area contributed by atoms with E-state index in [-0.39, 0.29) is 24.4 Å². The predicted molar refractivity (Wildman–Crippen MR) is 100.0 cm³/mol. The van der Waals surface area contributed by atoms with Gasteiger partial charge in [0.1, 0.15) is 5.75 Å². The van der Waals surface area contributed by atoms with Crippen LogP contribution in [0.2, 0.25) is 0 Å². The molecule has 6 heteroatoms. The van der Waals surface area contributed by atoms with Gasteiger partial charge in [-0.05, 0) is 18.9 Å². The molecule has 2 heterocycles. The standard InChI is InChI=1S/C20H29N3O3/c1-26-18-9-6-5-8-16(18)17-14-21-11-13-23(17)20(25)15-22-12-7-3-2-4-10-19(22)24/h5-6,8-9,17,21H,2-4,7,10-15H2,1H3. The molecule has 2 aliphatic rings. The third kappa shape index (κ3) is 4.36. The average Bonchev–Trinajstić information content (AvgIpc) is 2.67. The van der Waals surface area contributed by atoms with Crippen LogP contribution in [0.1, 0.15) is 43.7 Å². The van der Waals surface area contributed by atoms with Crippen LogP contribution in [-0.2, 0) is 9.59 Å². The van der Waals surface area contributed by atoms with Gasteiger partial charge in [-0.25, -0.2) is 0 Å². The molecule has 0 saturated carbocycles. The van der Waals surface area contributed by atoms with Crippen LogP contribution in [0, 0.1) is 0 Å². The third-order valence-corrected chi connectivity index (χ3v) is 5.31. The second kappa shape index (κ2) is 9.03. The molecule has 1 N–H and O–H groups in total. The van der Waals surface area contributed by atoms with E-state index in [9.17, 15) is 9.59 Å². The van der Waals surface area contributed by atoms with Crippen molar-refractivity contribution >= 4 is 11.8 Å². The number of amides is 2. The predicted octanol–water partition coefficient (Wildman–Crippen LogP) is 1.96. The summed E-state index contributed by atoms with van der Waals surface area (Å²) in [5, 5.41) is 3.37. The summed E-state index contributed by atoms with van der Waals surface area (Å²) in [6, 6.07) is 7.77. The Morgan fingerprint density at radius 2 is 2.00 bits per heavy atom. The van der Waals surface area contributed by atoms with Crippen LogP contribution in [-0.4, -0.2) is 61.4 Å². The maximum atomic E-state index is 13.1. The van der Waals surface area contributed by atoms with E-state index in [1.165, 1.54) is 0 Å². The summed E-state index contributed by atoms with van der Waals surface area (Å²) < 4.78 is 5.49. The Morgan fingerprint density at radius 3 is 2.85 bits per heavy atom. The van der Waals surface area contributed by atoms with Crippen LogP contribution in [0.5, 0.6) is 5.75 Å². The Kier molecular flexibility index (Phi) is 6.50. The Balaban J connectivity index is 1.74. The van der Waals surface area contributed by atoms with Gasteiger partial charge in [-0.2, -0.15) is 0 Å². The van der Waals surface area contributed by atoms with Gasteiger partial charge in [0.25, 0.3) is 0 Å². The first-order valence-corrected chi connectivity index (χ1v) is 9.61. The monoisotopic (exact) mass is 359 g/mol. The highest BCUT2D eigenvalue weighted by atomic mass is 16.5. The molecule has 1 aromatic carbocycles. The van der Waals surface area contributed by atoms with Crippen LogP contribution < -0.4 is 10.1 Å². The lowest BCUT2D eigenvalue weighted by Gasteiger charge is -2.38. The zero-order valence-corrected chi connectivity index (χ0v) is 15.6. The van der Waals surface area contributed by atoms with E-state index in [1.807, 2.05) is 29.2 Å². The van der Waals surface area contributed by atoms with E-state index in [0.29, 0.717) is 26.1 Å². The zero-order valence-electron chi connectivity index (χ0n) is 15.6. The lowest BCUT2D eigenvalue weighted by Crippen LogP contribution is -2.52. The van der Waals surface area contributed by atoms with Crippen molar-refractivity contribution in [2.24, 2.45) is 0 Å². The molecule has 142 valence electrons. The van der Waals surface area contributed by atoms with E-state index >= 15 is 0 Å². The van der Waals surface area contributed by atoms with Gasteiger partial charge in [0, 0.05) is 38.2 Å². The fraction of sp³-hybridized carbons (Fsp3) is 0.600. The summed E-state index contributed by atoms with van der Waals surface area (Å²) >= 11 is 0. The maximum absolute atomic E-state index is 13.1. The Morgan fingerprint density at radius 1 is 1.19 bits per heavy atom. The molecule has 2 fully saturated rings. The molecular weight excluding hydrogens is 330 g/mol. The van der Waals surface area contributed by atoms with Crippen LogP contribution in [0.15, 0.2) is 24.3 Å². The highest BCUT2D eigenvalue weighted by Crippen LogP contribution is 2.30. The van der Waals surface area contributed by atoms with Gasteiger partial charge in [-0.15, -0.1) is 0 Å². The van der Waals surface area contributed by atoms with E-state index in [4.69, 9.17) is 4.74 Å². The van der Waals surface area contributed by atoms with Crippen LogP contribution >= 0.6 is 0 Å². The van der Waals surface area contributed by atoms with Gasteiger partial charge in [-0.1, -0.05) is 31.0 Å². The number of ether oxygens (including phenoxy) is 1. The number of nitrogens with one attached hydrogen (secondary N) is 1. The first-order valence-electron chi connectivity index (χ1n) is 9.61. The number of rotatable bonds is 4. The average molecular weight is 359 g/mol. The van der Waals surface area contributed by atoms with Crippen molar-refractivity contribution in [2.75, 3.05) is 39.8 Å². The second-order valence-corrected chi connectivity index (χ2v) is 7.03. The molecule has 0 spiro atoms. The lowest BCUT2D eigenvalue weighted by molar-refractivity contribution is -0.143. The van der Waals surface area contributed by atoms with Gasteiger partial charge in [0.15, 0.2) is 0 Å². The van der Waals surface area contributed by atoms with Crippen LogP contribution in [0.25, 0.3) is 0 Å². The topological polar surface area (TPSA) is 61.9 Å². The number of piperazine rings is 1. The minimum absolute atomic E-state index is 0.0244. The summed E-state index contributed by atoms with van der Waals surface area (Å²) in [6.45, 7) is 2.98. The smallest absolute Gasteiger partial charge is 0.242 e. The highest BCUT2D eigenvalue weighted by molar-refractivity contribution is 5.85. The molecule has 0 radical (unpaired) electrons. The molecule has 0 aliphatic carbocycles. The minimum Gasteiger partial charge on any atom is -0.496 e. The first kappa shape index (κ1) is 18.7. The van der Waals surface area contributed by atoms with E-state index in [0.717, 1.165) is 43.5 Å². The van der Waals surface area contributed by atoms with Crippen molar-refractivity contribution in [1.29, 1.82) is 0 Å². The van der Waals surface area contributed by atoms with E-state index < -0.39 is 0 Å². The van der Waals surface area contributed by atoms with Crippen LogP contribution in [0.4, 0.5) is 0 Å². The lowest BCUT2D eigenvalue weighted by atomic mass is 10.0. The molecule has 2 saturated heterocycles. The van der Waals surface area contributed by atoms with Crippen LogP contribution in [0.3, 0.4) is 0 Å². The van der Waals surface area contributed by atoms with Crippen molar-refractivity contribution < 1.29 is 14.3 Å². The van der Waals surface area contributed by atoms with Crippen molar-refractivity contribution in [2.45, 2.75) is 38.1 Å². The third-order valence-electron chi connectivity index (χ3n) is 5.31. The van der Waals surface area contributed by atoms with Gasteiger partial charge in [0.05, 0.1) is 19.7 Å². The second-order valence-electron chi connectivity index (χ2n) is 7.03. The fourth-order valence-corrected chi connectivity index (χ4v) is 3.86. The number of carbonyl (C=O) groups is 2. The molecular formula is C20H29N3O3. The Hall–Kier alpha value is -2.08. The molecule has 0 bridgehead atoms. The van der Waals surface area contributed by atoms with Gasteiger partial charge in [-0.3, -0.25) is 9.59 Å². The van der Waals surface area contributed by atoms with Crippen molar-refractivity contribution in [1.82, 2.24) is 15.1 Å². The fourth-order valence-electron chi connectivity index (χ4n) is 3.86. The molecule has 2 amide bonds. The van der Waals surface area contributed by atoms with Gasteiger partial charge in [0.2, 0.25) is 11.8 Å². The normalized spacial score (nSPS) is 21.9. The van der Waals surface area contributed by atoms with E-state index in [1.54, 1.807) is 12.0 Å². The summed E-state index contributed by atoms with van der Waals surface area (Å²) in [4.78, 5) is 29.1. The molecule has 3 rings (SSSR count). The molecule has 1 atom stereocenters. The molecule has 1 unspecified atom stereocenters. The number of hydrogen-bond donors (Lipinski definition) is 1. The molecule has 0 aromatic heterocycles. The molecule has 2 aliphatic heterocycles. The number of para-hydroxylation sites is 1. The molecule has 6 nitrogen and oxygen atoms in total. The largest absolute Gasteiger partial charge is 0.496 e. The minimum atomic E-state index is -0.0720. The molecule has 26 heavy (non-hydrogen) atoms. The number of benzene rings is 1. The maximum Gasteiger partial charge on any atom is 0.242 e. The quantitative estimate of drug-likeness (QED) is 0.893. The van der Waals surface area contributed by atoms with Gasteiger partial charge < -0.3 is 19.9 Å². The summed E-state index contributed by atoms with van der Waals surface area (Å²) in [5.41, 5.74) is 1.01. The van der Waals surface area contributed by atoms with Crippen molar-refractivity contribution in [3.8, 4) is 5.75 Å². The van der Waals surface area contributed by atoms with Crippen molar-refractivity contribution in [3.05, 3.63) is 29.8 Å². The number of hydrogen-bond acceptors (Lipinski definition) is 4. The number of likely N-dealkylation sites (tertiary alicyclic amines) is 1. The first-order chi connectivity index (χ1) is 12.7. The highest BCUT2D eigenvalue weighted by Gasteiger charge is 2.31. The molecule has 1 aromatic rings. The Labute approximate surface area is 155 Å². The van der Waals surface area contributed by atoms with Crippen molar-refractivity contribution in [3.63, 3.8) is 0 Å². The summed E-state index contributed by atoms with van der Waals surface area (Å²) in [5.74, 6) is 0.930. The Bertz CT molecular complexity index is 634. The number of carbonyl (C=O) groups excluding carboxylic acids is 2. The van der Waals surface area contributed by atoms with E-state index in [2.05, 4.69) is 5.32 Å².